The van der Waals surface area contributed by atoms with Gasteiger partial charge in [-0.2, -0.15) is 0 Å². The summed E-state index contributed by atoms with van der Waals surface area (Å²) in [6, 6.07) is 0. The lowest BCUT2D eigenvalue weighted by atomic mass is 9.68. The van der Waals surface area contributed by atoms with Crippen LogP contribution in [0.1, 0.15) is 13.8 Å². The topological polar surface area (TPSA) is 24.7 Å². The van der Waals surface area contributed by atoms with E-state index >= 15 is 0 Å². The SMILES string of the molecule is [B][B]N=C(C)PC(C)=N[B]. The van der Waals surface area contributed by atoms with E-state index in [1.165, 1.54) is 7.31 Å². The fourth-order valence-corrected chi connectivity index (χ4v) is 1.17. The van der Waals surface area contributed by atoms with E-state index in [9.17, 15) is 0 Å². The van der Waals surface area contributed by atoms with Crippen molar-refractivity contribution in [2.24, 2.45) is 9.81 Å². The predicted octanol–water partition coefficient (Wildman–Crippen LogP) is 0.288. The maximum Gasteiger partial charge on any atom is 0.259 e. The predicted molar refractivity (Wildman–Crippen MR) is 51.8 cm³/mol. The third-order valence-corrected chi connectivity index (χ3v) is 1.81. The minimum absolute atomic E-state index is 0.450. The molecule has 0 aromatic carbocycles. The Morgan fingerprint density at radius 3 is 2.40 bits per heavy atom. The van der Waals surface area contributed by atoms with Crippen LogP contribution >= 0.6 is 8.58 Å². The molecule has 6 heteroatoms. The second kappa shape index (κ2) is 5.73. The fourth-order valence-electron chi connectivity index (χ4n) is 0.438. The summed E-state index contributed by atoms with van der Waals surface area (Å²) >= 11 is 0. The maximum atomic E-state index is 5.07. The summed E-state index contributed by atoms with van der Waals surface area (Å²) in [4.78, 5) is 7.36. The minimum atomic E-state index is 0.450. The van der Waals surface area contributed by atoms with E-state index in [4.69, 9.17) is 15.7 Å². The Labute approximate surface area is 66.9 Å². The molecule has 1 atom stereocenters. The molecular formula is C4H7B3N2P. The zero-order valence-electron chi connectivity index (χ0n) is 6.13. The summed E-state index contributed by atoms with van der Waals surface area (Å²) in [7, 11) is 11.8. The summed E-state index contributed by atoms with van der Waals surface area (Å²) in [5, 5.41) is 0. The molecule has 0 heterocycles. The second-order valence-corrected chi connectivity index (χ2v) is 3.40. The van der Waals surface area contributed by atoms with Gasteiger partial charge in [0.25, 0.3) is 7.98 Å². The average Bonchev–Trinajstić information content (AvgIpc) is 1.88. The molecule has 10 heavy (non-hydrogen) atoms. The Bertz CT molecular complexity index is 157. The summed E-state index contributed by atoms with van der Waals surface area (Å²) in [5.41, 5.74) is 1.82. The lowest BCUT2D eigenvalue weighted by Gasteiger charge is -1.98. The summed E-state index contributed by atoms with van der Waals surface area (Å²) in [6.07, 6.45) is 0. The molecule has 0 spiro atoms. The van der Waals surface area contributed by atoms with Crippen LogP contribution in [0.25, 0.3) is 0 Å². The molecule has 0 N–H and O–H groups in total. The van der Waals surface area contributed by atoms with Gasteiger partial charge in [-0.15, -0.1) is 0 Å². The number of hydrogen-bond acceptors (Lipinski definition) is 2. The van der Waals surface area contributed by atoms with Gasteiger partial charge < -0.3 is 9.81 Å². The fraction of sp³-hybridized carbons (Fsp3) is 0.500. The van der Waals surface area contributed by atoms with Crippen molar-refractivity contribution in [1.29, 1.82) is 0 Å². The molecule has 0 aromatic heterocycles. The molecule has 0 amide bonds. The van der Waals surface area contributed by atoms with Gasteiger partial charge in [0, 0.05) is 18.6 Å². The van der Waals surface area contributed by atoms with Crippen molar-refractivity contribution >= 4 is 42.5 Å². The summed E-state index contributed by atoms with van der Waals surface area (Å²) in [6.45, 7) is 3.74. The highest BCUT2D eigenvalue weighted by Gasteiger charge is 1.91. The molecule has 0 bridgehead atoms. The molecule has 0 aliphatic rings. The molecule has 0 aliphatic carbocycles. The van der Waals surface area contributed by atoms with Crippen molar-refractivity contribution in [3.8, 4) is 0 Å². The monoisotopic (exact) mass is 147 g/mol. The van der Waals surface area contributed by atoms with Crippen LogP contribution in [0.2, 0.25) is 0 Å². The van der Waals surface area contributed by atoms with Gasteiger partial charge in [-0.1, -0.05) is 0 Å². The normalized spacial score (nSPS) is 14.6. The molecular weight excluding hydrogens is 139 g/mol. The average molecular weight is 147 g/mol. The Hall–Kier alpha value is -0.0352. The van der Waals surface area contributed by atoms with E-state index in [0.29, 0.717) is 8.58 Å². The zero-order valence-corrected chi connectivity index (χ0v) is 7.13. The number of nitrogens with zero attached hydrogens (tertiary/aromatic N) is 2. The first-order chi connectivity index (χ1) is 4.70. The number of rotatable bonds is 3. The van der Waals surface area contributed by atoms with Gasteiger partial charge in [-0.25, -0.2) is 0 Å². The maximum absolute atomic E-state index is 5.07. The first-order valence-corrected chi connectivity index (χ1v) is 3.80. The van der Waals surface area contributed by atoms with Crippen LogP contribution in [-0.2, 0) is 0 Å². The Balaban J connectivity index is 3.79. The minimum Gasteiger partial charge on any atom is -0.364 e. The van der Waals surface area contributed by atoms with Crippen LogP contribution in [-0.4, -0.2) is 33.9 Å². The van der Waals surface area contributed by atoms with Gasteiger partial charge >= 0.3 is 0 Å². The van der Waals surface area contributed by atoms with E-state index in [1.54, 1.807) is 0 Å². The van der Waals surface area contributed by atoms with E-state index in [1.807, 2.05) is 13.8 Å². The Kier molecular flexibility index (Phi) is 5.71. The molecule has 2 nitrogen and oxygen atoms in total. The first kappa shape index (κ1) is 9.96. The van der Waals surface area contributed by atoms with Gasteiger partial charge in [-0.05, 0) is 22.4 Å². The molecule has 0 aromatic rings. The zero-order chi connectivity index (χ0) is 7.98. The van der Waals surface area contributed by atoms with Crippen LogP contribution in [0.15, 0.2) is 9.81 Å². The van der Waals surface area contributed by atoms with Gasteiger partial charge in [0.2, 0.25) is 7.31 Å². The highest BCUT2D eigenvalue weighted by Crippen LogP contribution is 2.13. The molecule has 5 radical (unpaired) electrons. The van der Waals surface area contributed by atoms with Crippen molar-refractivity contribution in [1.82, 2.24) is 0 Å². The quantitative estimate of drug-likeness (QED) is 0.311. The highest BCUT2D eigenvalue weighted by atomic mass is 31.1. The summed E-state index contributed by atoms with van der Waals surface area (Å²) in [5.74, 6) is 0. The van der Waals surface area contributed by atoms with Crippen molar-refractivity contribution in [3.05, 3.63) is 0 Å². The molecule has 1 unspecified atom stereocenters. The van der Waals surface area contributed by atoms with Crippen molar-refractivity contribution in [3.63, 3.8) is 0 Å². The molecule has 0 aliphatic heterocycles. The molecule has 0 rings (SSSR count). The lowest BCUT2D eigenvalue weighted by Crippen LogP contribution is -1.92. The molecule has 0 saturated carbocycles. The van der Waals surface area contributed by atoms with E-state index in [2.05, 4.69) is 9.81 Å². The van der Waals surface area contributed by atoms with E-state index in [-0.39, 0.29) is 0 Å². The van der Waals surface area contributed by atoms with Crippen molar-refractivity contribution in [2.75, 3.05) is 0 Å². The van der Waals surface area contributed by atoms with Gasteiger partial charge in [0.15, 0.2) is 0 Å². The van der Waals surface area contributed by atoms with Gasteiger partial charge in [0.1, 0.15) is 0 Å². The third-order valence-electron chi connectivity index (χ3n) is 0.824. The van der Waals surface area contributed by atoms with Crippen LogP contribution in [0.3, 0.4) is 0 Å². The standard InChI is InChI=1S/C4H7B3N2P/c1-3(8-6)10-4(2)9-7-5/h10H,1-2H3. The van der Waals surface area contributed by atoms with Crippen molar-refractivity contribution < 1.29 is 0 Å². The van der Waals surface area contributed by atoms with Crippen LogP contribution in [0, 0.1) is 0 Å². The van der Waals surface area contributed by atoms with Gasteiger partial charge in [-0.3, -0.25) is 0 Å². The largest absolute Gasteiger partial charge is 0.364 e. The van der Waals surface area contributed by atoms with E-state index < -0.39 is 0 Å². The first-order valence-electron chi connectivity index (χ1n) is 2.80. The molecule has 0 saturated heterocycles. The smallest absolute Gasteiger partial charge is 0.259 e. The van der Waals surface area contributed by atoms with Crippen molar-refractivity contribution in [2.45, 2.75) is 13.8 Å². The highest BCUT2D eigenvalue weighted by molar-refractivity contribution is 7.74. The Morgan fingerprint density at radius 1 is 1.40 bits per heavy atom. The van der Waals surface area contributed by atoms with Gasteiger partial charge in [0.05, 0.1) is 0 Å². The third kappa shape index (κ3) is 4.81. The molecule has 0 fully saturated rings. The second-order valence-electron chi connectivity index (χ2n) is 1.70. The van der Waals surface area contributed by atoms with Crippen LogP contribution < -0.4 is 0 Å². The number of hydrogen-bond donors (Lipinski definition) is 0. The molecule has 47 valence electrons. The Morgan fingerprint density at radius 2 is 2.00 bits per heavy atom. The lowest BCUT2D eigenvalue weighted by molar-refractivity contribution is 1.81. The van der Waals surface area contributed by atoms with E-state index in [0.717, 1.165) is 10.9 Å². The van der Waals surface area contributed by atoms with Crippen LogP contribution in [0.4, 0.5) is 0 Å². The van der Waals surface area contributed by atoms with Crippen LogP contribution in [0.5, 0.6) is 0 Å². The summed E-state index contributed by atoms with van der Waals surface area (Å²) < 4.78 is 0.